The van der Waals surface area contributed by atoms with Crippen molar-refractivity contribution in [2.45, 2.75) is 0 Å². The Bertz CT molecular complexity index is 912. The van der Waals surface area contributed by atoms with Crippen molar-refractivity contribution in [3.05, 3.63) is 70.8 Å². The van der Waals surface area contributed by atoms with Crippen LogP contribution >= 0.6 is 15.9 Å². The molecule has 0 radical (unpaired) electrons. The van der Waals surface area contributed by atoms with E-state index in [2.05, 4.69) is 36.8 Å². The van der Waals surface area contributed by atoms with E-state index >= 15 is 0 Å². The number of carbonyl (C=O) groups is 1. The average Bonchev–Trinajstić information content (AvgIpc) is 2.64. The van der Waals surface area contributed by atoms with Crippen LogP contribution in [0.4, 0.5) is 22.9 Å². The number of anilines is 4. The first-order valence-corrected chi connectivity index (χ1v) is 8.75. The lowest BCUT2D eigenvalue weighted by Gasteiger charge is -2.13. The Kier molecular flexibility index (Phi) is 5.48. The highest BCUT2D eigenvalue weighted by molar-refractivity contribution is 9.10. The summed E-state index contributed by atoms with van der Waals surface area (Å²) in [7, 11) is 3.90. The molecule has 132 valence electrons. The summed E-state index contributed by atoms with van der Waals surface area (Å²) in [6.07, 6.45) is 1.70. The van der Waals surface area contributed by atoms with E-state index in [4.69, 9.17) is 0 Å². The molecule has 1 heterocycles. The molecule has 0 saturated heterocycles. The third kappa shape index (κ3) is 4.37. The van der Waals surface area contributed by atoms with Crippen molar-refractivity contribution in [1.82, 2.24) is 10.2 Å². The Balaban J connectivity index is 1.68. The van der Waals surface area contributed by atoms with Gasteiger partial charge in [0.05, 0.1) is 17.4 Å². The molecule has 0 aliphatic heterocycles. The van der Waals surface area contributed by atoms with Gasteiger partial charge in [0.15, 0.2) is 5.82 Å². The Hall–Kier alpha value is -2.93. The Morgan fingerprint density at radius 2 is 1.73 bits per heavy atom. The number of benzene rings is 2. The van der Waals surface area contributed by atoms with Crippen LogP contribution in [0.1, 0.15) is 10.4 Å². The van der Waals surface area contributed by atoms with E-state index in [1.807, 2.05) is 67.5 Å². The van der Waals surface area contributed by atoms with Gasteiger partial charge in [0, 0.05) is 36.0 Å². The number of carbonyl (C=O) groups excluding carboxylic acids is 1. The van der Waals surface area contributed by atoms with Crippen LogP contribution in [0.2, 0.25) is 0 Å². The maximum atomic E-state index is 12.3. The lowest BCUT2D eigenvalue weighted by molar-refractivity contribution is 0.102. The summed E-state index contributed by atoms with van der Waals surface area (Å²) in [6, 6.07) is 16.6. The first-order valence-electron chi connectivity index (χ1n) is 7.96. The minimum atomic E-state index is -0.164. The van der Waals surface area contributed by atoms with Crippen LogP contribution in [0.3, 0.4) is 0 Å². The van der Waals surface area contributed by atoms with Crippen LogP contribution in [-0.4, -0.2) is 30.2 Å². The first kappa shape index (κ1) is 17.9. The molecule has 2 aromatic carbocycles. The van der Waals surface area contributed by atoms with Crippen molar-refractivity contribution in [1.29, 1.82) is 0 Å². The van der Waals surface area contributed by atoms with Crippen molar-refractivity contribution >= 4 is 44.7 Å². The van der Waals surface area contributed by atoms with Crippen molar-refractivity contribution in [2.75, 3.05) is 29.6 Å². The molecule has 0 saturated carbocycles. The molecular formula is C19H18BrN5O. The van der Waals surface area contributed by atoms with Gasteiger partial charge in [-0.2, -0.15) is 5.10 Å². The standard InChI is InChI=1S/C19H18BrN5O/c1-25(2)15-11-18(24-21-12-15)22-13-7-9-14(10-8-13)23-19(26)16-5-3-4-6-17(16)20/h3-12H,1-2H3,(H,22,24)(H,23,26). The topological polar surface area (TPSA) is 70.2 Å². The quantitative estimate of drug-likeness (QED) is 0.654. The largest absolute Gasteiger partial charge is 0.376 e. The van der Waals surface area contributed by atoms with Gasteiger partial charge in [0.2, 0.25) is 0 Å². The zero-order chi connectivity index (χ0) is 18.5. The van der Waals surface area contributed by atoms with Gasteiger partial charge >= 0.3 is 0 Å². The summed E-state index contributed by atoms with van der Waals surface area (Å²) in [5.41, 5.74) is 3.11. The molecule has 1 aromatic heterocycles. The molecule has 2 N–H and O–H groups in total. The van der Waals surface area contributed by atoms with Crippen LogP contribution in [-0.2, 0) is 0 Å². The monoisotopic (exact) mass is 411 g/mol. The molecule has 0 aliphatic rings. The highest BCUT2D eigenvalue weighted by Gasteiger charge is 2.09. The van der Waals surface area contributed by atoms with Crippen LogP contribution in [0.5, 0.6) is 0 Å². The summed E-state index contributed by atoms with van der Waals surface area (Å²) in [5, 5.41) is 14.1. The highest BCUT2D eigenvalue weighted by atomic mass is 79.9. The molecule has 3 rings (SSSR count). The number of nitrogens with one attached hydrogen (secondary N) is 2. The predicted octanol–water partition coefficient (Wildman–Crippen LogP) is 4.30. The molecule has 1 amide bonds. The third-order valence-corrected chi connectivity index (χ3v) is 4.38. The first-order chi connectivity index (χ1) is 12.5. The zero-order valence-electron chi connectivity index (χ0n) is 14.4. The van der Waals surface area contributed by atoms with Gasteiger partial charge in [0.1, 0.15) is 0 Å². The summed E-state index contributed by atoms with van der Waals surface area (Å²) >= 11 is 3.39. The molecule has 26 heavy (non-hydrogen) atoms. The minimum Gasteiger partial charge on any atom is -0.376 e. The van der Waals surface area contributed by atoms with E-state index in [9.17, 15) is 4.79 Å². The average molecular weight is 412 g/mol. The van der Waals surface area contributed by atoms with Crippen molar-refractivity contribution in [2.24, 2.45) is 0 Å². The fraction of sp³-hybridized carbons (Fsp3) is 0.105. The van der Waals surface area contributed by atoms with Gasteiger partial charge in [0.25, 0.3) is 5.91 Å². The molecule has 0 fully saturated rings. The molecule has 0 unspecified atom stereocenters. The van der Waals surface area contributed by atoms with Crippen molar-refractivity contribution < 1.29 is 4.79 Å². The smallest absolute Gasteiger partial charge is 0.256 e. The minimum absolute atomic E-state index is 0.164. The zero-order valence-corrected chi connectivity index (χ0v) is 16.0. The SMILES string of the molecule is CN(C)c1cnnc(Nc2ccc(NC(=O)c3ccccc3Br)cc2)c1. The van der Waals surface area contributed by atoms with Gasteiger partial charge in [-0.1, -0.05) is 12.1 Å². The van der Waals surface area contributed by atoms with E-state index in [1.54, 1.807) is 12.3 Å². The second-order valence-corrected chi connectivity index (χ2v) is 6.68. The number of rotatable bonds is 5. The molecule has 0 aliphatic carbocycles. The summed E-state index contributed by atoms with van der Waals surface area (Å²) < 4.78 is 0.759. The van der Waals surface area contributed by atoms with Gasteiger partial charge in [-0.15, -0.1) is 5.10 Å². The molecule has 6 nitrogen and oxygen atoms in total. The second-order valence-electron chi connectivity index (χ2n) is 5.83. The van der Waals surface area contributed by atoms with E-state index in [-0.39, 0.29) is 5.91 Å². The van der Waals surface area contributed by atoms with Crippen LogP contribution in [0, 0.1) is 0 Å². The maximum absolute atomic E-state index is 12.3. The number of aromatic nitrogens is 2. The number of nitrogens with zero attached hydrogens (tertiary/aromatic N) is 3. The summed E-state index contributed by atoms with van der Waals surface area (Å²) in [6.45, 7) is 0. The van der Waals surface area contributed by atoms with E-state index in [0.29, 0.717) is 17.1 Å². The molecule has 0 bridgehead atoms. The fourth-order valence-corrected chi connectivity index (χ4v) is 2.76. The number of hydrogen-bond donors (Lipinski definition) is 2. The second kappa shape index (κ2) is 7.97. The van der Waals surface area contributed by atoms with Crippen molar-refractivity contribution in [3.8, 4) is 0 Å². The lowest BCUT2D eigenvalue weighted by Crippen LogP contribution is -2.12. The fourth-order valence-electron chi connectivity index (χ4n) is 2.29. The number of amides is 1. The normalized spacial score (nSPS) is 10.3. The van der Waals surface area contributed by atoms with Crippen LogP contribution in [0.15, 0.2) is 65.3 Å². The molecule has 0 atom stereocenters. The third-order valence-electron chi connectivity index (χ3n) is 3.69. The molecule has 0 spiro atoms. The summed E-state index contributed by atoms with van der Waals surface area (Å²) in [5.74, 6) is 0.490. The van der Waals surface area contributed by atoms with Gasteiger partial charge in [-0.25, -0.2) is 0 Å². The van der Waals surface area contributed by atoms with Crippen molar-refractivity contribution in [3.63, 3.8) is 0 Å². The Labute approximate surface area is 160 Å². The lowest BCUT2D eigenvalue weighted by atomic mass is 10.2. The highest BCUT2D eigenvalue weighted by Crippen LogP contribution is 2.21. The van der Waals surface area contributed by atoms with Gasteiger partial charge in [-0.05, 0) is 52.3 Å². The predicted molar refractivity (Wildman–Crippen MR) is 108 cm³/mol. The maximum Gasteiger partial charge on any atom is 0.256 e. The Morgan fingerprint density at radius 3 is 2.42 bits per heavy atom. The van der Waals surface area contributed by atoms with Crippen LogP contribution in [0.25, 0.3) is 0 Å². The van der Waals surface area contributed by atoms with Crippen LogP contribution < -0.4 is 15.5 Å². The number of hydrogen-bond acceptors (Lipinski definition) is 5. The van der Waals surface area contributed by atoms with E-state index in [1.165, 1.54) is 0 Å². The molecule has 7 heteroatoms. The van der Waals surface area contributed by atoms with E-state index in [0.717, 1.165) is 15.8 Å². The van der Waals surface area contributed by atoms with Gasteiger partial charge < -0.3 is 15.5 Å². The Morgan fingerprint density at radius 1 is 1.04 bits per heavy atom. The summed E-state index contributed by atoms with van der Waals surface area (Å²) in [4.78, 5) is 14.3. The molecule has 3 aromatic rings. The van der Waals surface area contributed by atoms with Gasteiger partial charge in [-0.3, -0.25) is 4.79 Å². The van der Waals surface area contributed by atoms with E-state index < -0.39 is 0 Å². The number of halogens is 1. The molecular weight excluding hydrogens is 394 g/mol.